The second-order valence-corrected chi connectivity index (χ2v) is 8.07. The summed E-state index contributed by atoms with van der Waals surface area (Å²) in [6, 6.07) is 7.53. The van der Waals surface area contributed by atoms with E-state index >= 15 is 0 Å². The predicted octanol–water partition coefficient (Wildman–Crippen LogP) is 3.45. The standard InChI is InChI=1S/C22H33N3O3.ClH/c1-3-25(4-2)20(26)14-28-19-10-6-9-18(13-19)24-22(27)17-11-15-7-5-8-16(12-17)21(15)23;/h6,9-10,13,15-17,21H,3-5,7-8,11-12,14,23H2,1-2H3,(H,24,27);1H. The third kappa shape index (κ3) is 5.86. The SMILES string of the molecule is CCN(CC)C(=O)COc1cccc(NC(=O)C2CC3CCCC(C2)C3N)c1.Cl. The van der Waals surface area contributed by atoms with E-state index in [4.69, 9.17) is 10.5 Å². The molecule has 0 aliphatic heterocycles. The monoisotopic (exact) mass is 423 g/mol. The number of benzene rings is 1. The van der Waals surface area contributed by atoms with E-state index in [0.717, 1.165) is 25.7 Å². The lowest BCUT2D eigenvalue weighted by Gasteiger charge is -2.43. The van der Waals surface area contributed by atoms with E-state index in [0.29, 0.717) is 36.4 Å². The minimum absolute atomic E-state index is 0. The van der Waals surface area contributed by atoms with Crippen molar-refractivity contribution in [3.63, 3.8) is 0 Å². The Hall–Kier alpha value is -1.79. The summed E-state index contributed by atoms with van der Waals surface area (Å²) in [4.78, 5) is 26.6. The number of likely N-dealkylation sites (N-methyl/N-ethyl adjacent to an activating group) is 1. The Kier molecular flexibility index (Phi) is 8.78. The maximum Gasteiger partial charge on any atom is 0.260 e. The molecule has 0 saturated heterocycles. The Morgan fingerprint density at radius 1 is 1.17 bits per heavy atom. The lowest BCUT2D eigenvalue weighted by molar-refractivity contribution is -0.133. The van der Waals surface area contributed by atoms with Gasteiger partial charge in [0, 0.05) is 36.8 Å². The summed E-state index contributed by atoms with van der Waals surface area (Å²) in [6.45, 7) is 5.24. The molecule has 162 valence electrons. The Morgan fingerprint density at radius 2 is 1.83 bits per heavy atom. The van der Waals surface area contributed by atoms with Gasteiger partial charge in [-0.25, -0.2) is 0 Å². The van der Waals surface area contributed by atoms with Gasteiger partial charge >= 0.3 is 0 Å². The molecule has 0 spiro atoms. The summed E-state index contributed by atoms with van der Waals surface area (Å²) >= 11 is 0. The number of hydrogen-bond donors (Lipinski definition) is 2. The highest BCUT2D eigenvalue weighted by molar-refractivity contribution is 5.92. The van der Waals surface area contributed by atoms with Crippen molar-refractivity contribution in [2.75, 3.05) is 25.0 Å². The van der Waals surface area contributed by atoms with Crippen LogP contribution < -0.4 is 15.8 Å². The predicted molar refractivity (Wildman–Crippen MR) is 117 cm³/mol. The van der Waals surface area contributed by atoms with E-state index in [1.54, 1.807) is 17.0 Å². The Morgan fingerprint density at radius 3 is 2.45 bits per heavy atom. The van der Waals surface area contributed by atoms with E-state index < -0.39 is 0 Å². The van der Waals surface area contributed by atoms with Gasteiger partial charge in [-0.3, -0.25) is 9.59 Å². The zero-order valence-electron chi connectivity index (χ0n) is 17.4. The van der Waals surface area contributed by atoms with Gasteiger partial charge in [0.2, 0.25) is 5.91 Å². The summed E-state index contributed by atoms with van der Waals surface area (Å²) in [5.74, 6) is 1.60. The van der Waals surface area contributed by atoms with Gasteiger partial charge in [0.15, 0.2) is 6.61 Å². The van der Waals surface area contributed by atoms with Gasteiger partial charge in [0.1, 0.15) is 5.75 Å². The van der Waals surface area contributed by atoms with Crippen LogP contribution in [0.25, 0.3) is 0 Å². The van der Waals surface area contributed by atoms with E-state index in [9.17, 15) is 9.59 Å². The fourth-order valence-corrected chi connectivity index (χ4v) is 4.72. The van der Waals surface area contributed by atoms with Crippen LogP contribution in [0.15, 0.2) is 24.3 Å². The molecule has 2 aliphatic carbocycles. The molecule has 6 nitrogen and oxygen atoms in total. The lowest BCUT2D eigenvalue weighted by Crippen LogP contribution is -2.48. The molecule has 7 heteroatoms. The largest absolute Gasteiger partial charge is 0.484 e. The number of nitrogens with zero attached hydrogens (tertiary/aromatic N) is 1. The number of nitrogens with two attached hydrogens (primary N) is 1. The minimum Gasteiger partial charge on any atom is -0.484 e. The van der Waals surface area contributed by atoms with Crippen molar-refractivity contribution in [1.29, 1.82) is 0 Å². The van der Waals surface area contributed by atoms with E-state index in [1.165, 1.54) is 6.42 Å². The van der Waals surface area contributed by atoms with Crippen LogP contribution in [0.1, 0.15) is 46.0 Å². The van der Waals surface area contributed by atoms with Crippen LogP contribution in [-0.2, 0) is 9.59 Å². The number of anilines is 1. The van der Waals surface area contributed by atoms with Gasteiger partial charge in [-0.15, -0.1) is 12.4 Å². The van der Waals surface area contributed by atoms with Crippen molar-refractivity contribution in [3.05, 3.63) is 24.3 Å². The summed E-state index contributed by atoms with van der Waals surface area (Å²) in [5.41, 5.74) is 7.05. The van der Waals surface area contributed by atoms with Crippen molar-refractivity contribution in [1.82, 2.24) is 4.90 Å². The van der Waals surface area contributed by atoms with Gasteiger partial charge < -0.3 is 20.7 Å². The molecule has 3 rings (SSSR count). The minimum atomic E-state index is -0.0375. The molecule has 2 fully saturated rings. The number of halogens is 1. The molecule has 2 saturated carbocycles. The molecule has 0 heterocycles. The number of carbonyl (C=O) groups excluding carboxylic acids is 2. The molecule has 1 aromatic carbocycles. The maximum atomic E-state index is 12.8. The quantitative estimate of drug-likeness (QED) is 0.703. The molecule has 2 amide bonds. The Balaban J connectivity index is 0.00000300. The fourth-order valence-electron chi connectivity index (χ4n) is 4.72. The van der Waals surface area contributed by atoms with Crippen molar-refractivity contribution < 1.29 is 14.3 Å². The van der Waals surface area contributed by atoms with Crippen LogP contribution in [-0.4, -0.2) is 42.5 Å². The summed E-state index contributed by atoms with van der Waals surface area (Å²) in [5, 5.41) is 3.03. The number of amides is 2. The van der Waals surface area contributed by atoms with Gasteiger partial charge in [-0.2, -0.15) is 0 Å². The van der Waals surface area contributed by atoms with Crippen LogP contribution >= 0.6 is 12.4 Å². The first kappa shape index (κ1) is 23.5. The molecule has 0 aromatic heterocycles. The summed E-state index contributed by atoms with van der Waals surface area (Å²) < 4.78 is 5.64. The number of rotatable bonds is 7. The summed E-state index contributed by atoms with van der Waals surface area (Å²) in [7, 11) is 0. The maximum absolute atomic E-state index is 12.8. The highest BCUT2D eigenvalue weighted by Gasteiger charge is 2.40. The Bertz CT molecular complexity index is 682. The first-order valence-corrected chi connectivity index (χ1v) is 10.6. The van der Waals surface area contributed by atoms with Crippen molar-refractivity contribution in [3.8, 4) is 5.75 Å². The van der Waals surface area contributed by atoms with Crippen molar-refractivity contribution >= 4 is 29.9 Å². The van der Waals surface area contributed by atoms with Crippen LogP contribution in [0.3, 0.4) is 0 Å². The molecule has 3 N–H and O–H groups in total. The molecule has 2 atom stereocenters. The van der Waals surface area contributed by atoms with Crippen LogP contribution in [0.5, 0.6) is 5.75 Å². The molecular formula is C22H34ClN3O3. The van der Waals surface area contributed by atoms with Crippen LogP contribution in [0.4, 0.5) is 5.69 Å². The van der Waals surface area contributed by atoms with Gasteiger partial charge in [0.25, 0.3) is 5.91 Å². The fraction of sp³-hybridized carbons (Fsp3) is 0.636. The summed E-state index contributed by atoms with van der Waals surface area (Å²) in [6.07, 6.45) is 5.30. The first-order valence-electron chi connectivity index (χ1n) is 10.6. The van der Waals surface area contributed by atoms with Crippen LogP contribution in [0.2, 0.25) is 0 Å². The molecule has 2 unspecified atom stereocenters. The third-order valence-electron chi connectivity index (χ3n) is 6.36. The van der Waals surface area contributed by atoms with Crippen LogP contribution in [0, 0.1) is 17.8 Å². The molecule has 2 bridgehead atoms. The zero-order chi connectivity index (χ0) is 20.1. The lowest BCUT2D eigenvalue weighted by atomic mass is 9.65. The molecule has 1 aromatic rings. The highest BCUT2D eigenvalue weighted by Crippen LogP contribution is 2.42. The number of hydrogen-bond acceptors (Lipinski definition) is 4. The molecular weight excluding hydrogens is 390 g/mol. The number of ether oxygens (including phenoxy) is 1. The average Bonchev–Trinajstić information content (AvgIpc) is 2.67. The van der Waals surface area contributed by atoms with E-state index in [2.05, 4.69) is 5.32 Å². The number of fused-ring (bicyclic) bond motifs is 2. The molecule has 2 aliphatic rings. The Labute approximate surface area is 179 Å². The number of nitrogens with one attached hydrogen (secondary N) is 1. The average molecular weight is 424 g/mol. The smallest absolute Gasteiger partial charge is 0.260 e. The molecule has 29 heavy (non-hydrogen) atoms. The number of carbonyl (C=O) groups is 2. The second-order valence-electron chi connectivity index (χ2n) is 8.07. The van der Waals surface area contributed by atoms with Gasteiger partial charge in [-0.1, -0.05) is 12.5 Å². The van der Waals surface area contributed by atoms with Gasteiger partial charge in [-0.05, 0) is 63.5 Å². The highest BCUT2D eigenvalue weighted by atomic mass is 35.5. The topological polar surface area (TPSA) is 84.7 Å². The van der Waals surface area contributed by atoms with Crippen molar-refractivity contribution in [2.45, 2.75) is 52.0 Å². The van der Waals surface area contributed by atoms with E-state index in [1.807, 2.05) is 26.0 Å². The normalized spacial score (nSPS) is 25.5. The van der Waals surface area contributed by atoms with Gasteiger partial charge in [0.05, 0.1) is 0 Å². The second kappa shape index (κ2) is 10.8. The van der Waals surface area contributed by atoms with Crippen molar-refractivity contribution in [2.24, 2.45) is 23.5 Å². The third-order valence-corrected chi connectivity index (χ3v) is 6.36. The first-order chi connectivity index (χ1) is 13.5. The zero-order valence-corrected chi connectivity index (χ0v) is 18.2. The van der Waals surface area contributed by atoms with E-state index in [-0.39, 0.29) is 42.8 Å². The molecule has 0 radical (unpaired) electrons.